The fourth-order valence-electron chi connectivity index (χ4n) is 5.16. The molecule has 0 radical (unpaired) electrons. The van der Waals surface area contributed by atoms with Gasteiger partial charge in [0.25, 0.3) is 0 Å². The van der Waals surface area contributed by atoms with Gasteiger partial charge in [-0.15, -0.1) is 0 Å². The molecule has 0 unspecified atom stereocenters. The zero-order chi connectivity index (χ0) is 28.8. The molecule has 13 heteroatoms. The van der Waals surface area contributed by atoms with Crippen LogP contribution in [0.5, 0.6) is 0 Å². The molecule has 0 aliphatic carbocycles. The fraction of sp³-hybridized carbons (Fsp3) is 0.400. The van der Waals surface area contributed by atoms with Crippen LogP contribution in [0.2, 0.25) is 10.0 Å². The number of hydrogen-bond acceptors (Lipinski definition) is 4. The Bertz CT molecular complexity index is 1260. The Kier molecular flexibility index (Phi) is 8.08. The highest BCUT2D eigenvalue weighted by molar-refractivity contribution is 6.31. The second kappa shape index (κ2) is 10.3. The van der Waals surface area contributed by atoms with E-state index >= 15 is 0 Å². The predicted molar refractivity (Wildman–Crippen MR) is 132 cm³/mol. The van der Waals surface area contributed by atoms with Crippen molar-refractivity contribution in [2.75, 3.05) is 5.32 Å². The zero-order valence-corrected chi connectivity index (χ0v) is 21.8. The number of carboxylic acids is 2. The Balaban J connectivity index is 0.000000505. The van der Waals surface area contributed by atoms with Crippen molar-refractivity contribution in [2.45, 2.75) is 56.8 Å². The lowest BCUT2D eigenvalue weighted by atomic mass is 9.62. The third kappa shape index (κ3) is 5.74. The number of aliphatic carboxylic acids is 2. The number of carbonyl (C=O) groups is 3. The fourth-order valence-corrected chi connectivity index (χ4v) is 5.57. The van der Waals surface area contributed by atoms with E-state index in [0.717, 1.165) is 6.07 Å². The van der Waals surface area contributed by atoms with Crippen molar-refractivity contribution in [1.29, 1.82) is 0 Å². The molecule has 206 valence electrons. The Morgan fingerprint density at radius 2 is 1.63 bits per heavy atom. The van der Waals surface area contributed by atoms with Crippen LogP contribution < -0.4 is 10.6 Å². The van der Waals surface area contributed by atoms with Gasteiger partial charge in [0.1, 0.15) is 17.3 Å². The number of halogens is 6. The van der Waals surface area contributed by atoms with Gasteiger partial charge in [0.05, 0.1) is 0 Å². The molecule has 1 spiro atoms. The van der Waals surface area contributed by atoms with Crippen molar-refractivity contribution in [3.05, 3.63) is 63.4 Å². The van der Waals surface area contributed by atoms with Gasteiger partial charge in [-0.1, -0.05) is 50.0 Å². The van der Waals surface area contributed by atoms with E-state index < -0.39 is 47.3 Å². The van der Waals surface area contributed by atoms with Crippen molar-refractivity contribution in [3.63, 3.8) is 0 Å². The molecule has 1 fully saturated rings. The van der Waals surface area contributed by atoms with Gasteiger partial charge in [-0.2, -0.15) is 13.2 Å². The third-order valence-electron chi connectivity index (χ3n) is 6.37. The predicted octanol–water partition coefficient (Wildman–Crippen LogP) is 5.60. The first-order valence-electron chi connectivity index (χ1n) is 11.2. The largest absolute Gasteiger partial charge is 0.490 e. The van der Waals surface area contributed by atoms with Gasteiger partial charge in [0.15, 0.2) is 0 Å². The number of anilines is 1. The SMILES string of the molecule is CC(C)(C)C[C@@H]1N[C@@H](C(=O)O)[C@H](c2cc(F)cc(Cl)c2)[C@]12C(=O)Nc1cc(Cl)ccc12.O=C(O)C(F)(F)F. The molecule has 7 nitrogen and oxygen atoms in total. The summed E-state index contributed by atoms with van der Waals surface area (Å²) in [6, 6.07) is 7.42. The highest BCUT2D eigenvalue weighted by atomic mass is 35.5. The van der Waals surface area contributed by atoms with Crippen LogP contribution in [0.25, 0.3) is 0 Å². The summed E-state index contributed by atoms with van der Waals surface area (Å²) in [6.07, 6.45) is -4.56. The van der Waals surface area contributed by atoms with E-state index in [1.165, 1.54) is 12.1 Å². The summed E-state index contributed by atoms with van der Waals surface area (Å²) in [5, 5.41) is 23.9. The minimum absolute atomic E-state index is 0.142. The van der Waals surface area contributed by atoms with Crippen molar-refractivity contribution < 1.29 is 42.2 Å². The number of carbonyl (C=O) groups excluding carboxylic acids is 1. The first-order valence-corrected chi connectivity index (χ1v) is 12.0. The topological polar surface area (TPSA) is 116 Å². The van der Waals surface area contributed by atoms with Gasteiger partial charge in [0.2, 0.25) is 5.91 Å². The van der Waals surface area contributed by atoms with Crippen LogP contribution >= 0.6 is 23.2 Å². The van der Waals surface area contributed by atoms with Gasteiger partial charge < -0.3 is 15.5 Å². The number of benzene rings is 2. The standard InChI is InChI=1S/C23H23Cl2FN2O3.C2HF3O2/c1-22(2,3)10-17-23(15-5-4-12(24)9-16(15)27-21(23)31)18(19(28-17)20(29)30)11-6-13(25)8-14(26)7-11;3-2(4,5)1(6)7/h4-9,17-19,28H,10H2,1-3H3,(H,27,31)(H,29,30);(H,6,7)/t17-,18-,19+,23+;/m0./s1. The van der Waals surface area contributed by atoms with Crippen molar-refractivity contribution in [1.82, 2.24) is 5.32 Å². The Morgan fingerprint density at radius 3 is 2.13 bits per heavy atom. The highest BCUT2D eigenvalue weighted by Crippen LogP contribution is 2.56. The van der Waals surface area contributed by atoms with Crippen LogP contribution in [-0.4, -0.2) is 46.3 Å². The molecular formula is C25H24Cl2F4N2O5. The summed E-state index contributed by atoms with van der Waals surface area (Å²) in [7, 11) is 0. The Hall–Kier alpha value is -2.89. The molecule has 2 heterocycles. The van der Waals surface area contributed by atoms with Crippen LogP contribution in [0.15, 0.2) is 36.4 Å². The second-order valence-electron chi connectivity index (χ2n) is 10.3. The molecule has 4 atom stereocenters. The number of nitrogens with one attached hydrogen (secondary N) is 2. The second-order valence-corrected chi connectivity index (χ2v) is 11.2. The number of rotatable bonds is 3. The number of amides is 1. The van der Waals surface area contributed by atoms with Crippen LogP contribution in [0.1, 0.15) is 44.2 Å². The van der Waals surface area contributed by atoms with E-state index in [2.05, 4.69) is 10.6 Å². The Morgan fingerprint density at radius 1 is 1.03 bits per heavy atom. The first-order chi connectivity index (χ1) is 17.4. The molecule has 4 rings (SSSR count). The first kappa shape index (κ1) is 29.7. The molecule has 2 aliphatic rings. The lowest BCUT2D eigenvalue weighted by Gasteiger charge is -2.37. The van der Waals surface area contributed by atoms with Crippen LogP contribution in [0.3, 0.4) is 0 Å². The maximum atomic E-state index is 14.3. The van der Waals surface area contributed by atoms with E-state index in [1.807, 2.05) is 20.8 Å². The summed E-state index contributed by atoms with van der Waals surface area (Å²) in [5.41, 5.74) is 0.0687. The van der Waals surface area contributed by atoms with Crippen molar-refractivity contribution in [2.24, 2.45) is 5.41 Å². The minimum Gasteiger partial charge on any atom is -0.480 e. The summed E-state index contributed by atoms with van der Waals surface area (Å²) in [6.45, 7) is 6.08. The maximum absolute atomic E-state index is 14.3. The summed E-state index contributed by atoms with van der Waals surface area (Å²) >= 11 is 12.3. The van der Waals surface area contributed by atoms with E-state index in [9.17, 15) is 32.3 Å². The van der Waals surface area contributed by atoms with Crippen LogP contribution in [-0.2, 0) is 19.8 Å². The lowest BCUT2D eigenvalue weighted by Crippen LogP contribution is -2.49. The average Bonchev–Trinajstić information content (AvgIpc) is 3.21. The van der Waals surface area contributed by atoms with Gasteiger partial charge in [-0.25, -0.2) is 9.18 Å². The summed E-state index contributed by atoms with van der Waals surface area (Å²) in [5.74, 6) is -5.67. The molecule has 4 N–H and O–H groups in total. The van der Waals surface area contributed by atoms with Crippen molar-refractivity contribution in [3.8, 4) is 0 Å². The minimum atomic E-state index is -5.08. The van der Waals surface area contributed by atoms with E-state index in [0.29, 0.717) is 28.3 Å². The number of carboxylic acid groups (broad SMARTS) is 2. The molecular weight excluding hydrogens is 555 g/mol. The third-order valence-corrected chi connectivity index (χ3v) is 6.83. The molecule has 38 heavy (non-hydrogen) atoms. The smallest absolute Gasteiger partial charge is 0.480 e. The van der Waals surface area contributed by atoms with Crippen LogP contribution in [0.4, 0.5) is 23.2 Å². The molecule has 0 bridgehead atoms. The van der Waals surface area contributed by atoms with Gasteiger partial charge in [0, 0.05) is 27.7 Å². The molecule has 1 saturated heterocycles. The number of alkyl halides is 3. The average molecular weight is 579 g/mol. The van der Waals surface area contributed by atoms with E-state index in [4.69, 9.17) is 33.1 Å². The number of hydrogen-bond donors (Lipinski definition) is 4. The molecule has 1 amide bonds. The number of fused-ring (bicyclic) bond motifs is 2. The van der Waals surface area contributed by atoms with E-state index in [1.54, 1.807) is 18.2 Å². The molecule has 0 saturated carbocycles. The van der Waals surface area contributed by atoms with Crippen LogP contribution in [0, 0.1) is 11.2 Å². The van der Waals surface area contributed by atoms with Crippen molar-refractivity contribution >= 4 is 46.7 Å². The lowest BCUT2D eigenvalue weighted by molar-refractivity contribution is -0.192. The zero-order valence-electron chi connectivity index (χ0n) is 20.3. The quantitative estimate of drug-likeness (QED) is 0.352. The summed E-state index contributed by atoms with van der Waals surface area (Å²) < 4.78 is 46.1. The molecule has 0 aromatic heterocycles. The molecule has 2 aromatic carbocycles. The van der Waals surface area contributed by atoms with E-state index in [-0.39, 0.29) is 16.3 Å². The van der Waals surface area contributed by atoms with Gasteiger partial charge in [-0.05, 0) is 53.3 Å². The Labute approximate surface area is 225 Å². The molecule has 2 aromatic rings. The molecule has 2 aliphatic heterocycles. The van der Waals surface area contributed by atoms with Gasteiger partial charge in [-0.3, -0.25) is 14.9 Å². The van der Waals surface area contributed by atoms with Gasteiger partial charge >= 0.3 is 18.1 Å². The highest BCUT2D eigenvalue weighted by Gasteiger charge is 2.66. The monoisotopic (exact) mass is 578 g/mol. The summed E-state index contributed by atoms with van der Waals surface area (Å²) in [4.78, 5) is 34.9. The normalized spacial score (nSPS) is 24.4. The maximum Gasteiger partial charge on any atom is 0.490 e.